The lowest BCUT2D eigenvalue weighted by Crippen LogP contribution is -2.24. The monoisotopic (exact) mass is 229 g/mol. The summed E-state index contributed by atoms with van der Waals surface area (Å²) in [7, 11) is 0. The fourth-order valence-electron chi connectivity index (χ4n) is 1.09. The minimum atomic E-state index is -1.21. The summed E-state index contributed by atoms with van der Waals surface area (Å²) in [6, 6.07) is 0.0653. The maximum atomic E-state index is 11.2. The molecule has 0 aromatic heterocycles. The molecule has 0 saturated carbocycles. The van der Waals surface area contributed by atoms with Gasteiger partial charge < -0.3 is 15.6 Å². The Kier molecular flexibility index (Phi) is 7.20. The second kappa shape index (κ2) is 7.87. The van der Waals surface area contributed by atoms with Crippen LogP contribution in [0.4, 0.5) is 0 Å². The van der Waals surface area contributed by atoms with Crippen molar-refractivity contribution in [2.75, 3.05) is 6.61 Å². The Morgan fingerprint density at radius 2 is 2.12 bits per heavy atom. The summed E-state index contributed by atoms with van der Waals surface area (Å²) in [5.41, 5.74) is 5.53. The van der Waals surface area contributed by atoms with Crippen LogP contribution in [-0.2, 0) is 14.3 Å². The standard InChI is InChI=1S/C11H19NO4/c1-3-16-11(15)9(10(13)14)7-5-4-6-8(2)12/h5,7-9H,3-4,6,12H2,1-2H3,(H,13,14). The van der Waals surface area contributed by atoms with Crippen molar-refractivity contribution in [3.8, 4) is 0 Å². The molecule has 2 atom stereocenters. The van der Waals surface area contributed by atoms with E-state index in [1.807, 2.05) is 6.92 Å². The normalized spacial score (nSPS) is 14.7. The number of hydrogen-bond acceptors (Lipinski definition) is 4. The first kappa shape index (κ1) is 14.6. The molecule has 92 valence electrons. The van der Waals surface area contributed by atoms with Crippen LogP contribution < -0.4 is 5.73 Å². The van der Waals surface area contributed by atoms with Gasteiger partial charge in [-0.15, -0.1) is 0 Å². The lowest BCUT2D eigenvalue weighted by atomic mass is 10.1. The Hall–Kier alpha value is -1.36. The molecule has 5 heteroatoms. The van der Waals surface area contributed by atoms with Gasteiger partial charge in [0.2, 0.25) is 0 Å². The highest BCUT2D eigenvalue weighted by molar-refractivity contribution is 5.95. The number of allylic oxidation sites excluding steroid dienone is 1. The van der Waals surface area contributed by atoms with Crippen molar-refractivity contribution in [3.05, 3.63) is 12.2 Å². The van der Waals surface area contributed by atoms with Gasteiger partial charge in [-0.1, -0.05) is 12.2 Å². The number of aliphatic carboxylic acids is 1. The van der Waals surface area contributed by atoms with Crippen LogP contribution in [0.3, 0.4) is 0 Å². The van der Waals surface area contributed by atoms with Crippen LogP contribution in [0, 0.1) is 5.92 Å². The molecule has 0 aliphatic rings. The highest BCUT2D eigenvalue weighted by atomic mass is 16.5. The Balaban J connectivity index is 4.23. The summed E-state index contributed by atoms with van der Waals surface area (Å²) in [4.78, 5) is 22.0. The average molecular weight is 229 g/mol. The summed E-state index contributed by atoms with van der Waals surface area (Å²) in [6.45, 7) is 3.68. The van der Waals surface area contributed by atoms with E-state index >= 15 is 0 Å². The van der Waals surface area contributed by atoms with E-state index in [1.54, 1.807) is 13.0 Å². The van der Waals surface area contributed by atoms with Gasteiger partial charge in [-0.2, -0.15) is 0 Å². The van der Waals surface area contributed by atoms with E-state index in [0.717, 1.165) is 6.42 Å². The quantitative estimate of drug-likeness (QED) is 0.385. The molecule has 16 heavy (non-hydrogen) atoms. The molecule has 0 radical (unpaired) electrons. The maximum Gasteiger partial charge on any atom is 0.324 e. The smallest absolute Gasteiger partial charge is 0.324 e. The molecule has 0 aromatic rings. The third kappa shape index (κ3) is 6.19. The first-order valence-corrected chi connectivity index (χ1v) is 5.30. The number of carbonyl (C=O) groups is 2. The number of rotatable bonds is 7. The molecule has 0 amide bonds. The number of carboxylic acids is 1. The average Bonchev–Trinajstić information content (AvgIpc) is 2.16. The van der Waals surface area contributed by atoms with Gasteiger partial charge in [-0.05, 0) is 26.7 Å². The molecule has 0 bridgehead atoms. The van der Waals surface area contributed by atoms with E-state index in [-0.39, 0.29) is 12.6 Å². The Morgan fingerprint density at radius 1 is 1.50 bits per heavy atom. The van der Waals surface area contributed by atoms with E-state index < -0.39 is 17.9 Å². The van der Waals surface area contributed by atoms with Crippen molar-refractivity contribution in [1.29, 1.82) is 0 Å². The summed E-state index contributed by atoms with van der Waals surface area (Å²) < 4.78 is 4.65. The number of hydrogen-bond donors (Lipinski definition) is 2. The number of carbonyl (C=O) groups excluding carboxylic acids is 1. The fourth-order valence-corrected chi connectivity index (χ4v) is 1.09. The van der Waals surface area contributed by atoms with E-state index in [9.17, 15) is 9.59 Å². The summed E-state index contributed by atoms with van der Waals surface area (Å²) in [6.07, 6.45) is 4.41. The van der Waals surface area contributed by atoms with Gasteiger partial charge in [0.15, 0.2) is 5.92 Å². The highest BCUT2D eigenvalue weighted by Gasteiger charge is 2.24. The predicted octanol–water partition coefficient (Wildman–Crippen LogP) is 0.934. The lowest BCUT2D eigenvalue weighted by Gasteiger charge is -2.06. The van der Waals surface area contributed by atoms with Gasteiger partial charge in [-0.25, -0.2) is 0 Å². The number of nitrogens with two attached hydrogens (primary N) is 1. The zero-order chi connectivity index (χ0) is 12.6. The van der Waals surface area contributed by atoms with Crippen LogP contribution in [0.5, 0.6) is 0 Å². The molecule has 0 aliphatic carbocycles. The number of esters is 1. The molecule has 0 spiro atoms. The third-order valence-electron chi connectivity index (χ3n) is 1.92. The van der Waals surface area contributed by atoms with Gasteiger partial charge in [0, 0.05) is 6.04 Å². The molecule has 5 nitrogen and oxygen atoms in total. The van der Waals surface area contributed by atoms with E-state index in [4.69, 9.17) is 10.8 Å². The van der Waals surface area contributed by atoms with Crippen molar-refractivity contribution in [2.24, 2.45) is 11.7 Å². The zero-order valence-electron chi connectivity index (χ0n) is 9.68. The maximum absolute atomic E-state index is 11.2. The second-order valence-electron chi connectivity index (χ2n) is 3.55. The minimum absolute atomic E-state index is 0.0653. The lowest BCUT2D eigenvalue weighted by molar-refractivity contribution is -0.155. The van der Waals surface area contributed by atoms with Crippen LogP contribution in [0.2, 0.25) is 0 Å². The van der Waals surface area contributed by atoms with E-state index in [0.29, 0.717) is 6.42 Å². The molecular weight excluding hydrogens is 210 g/mol. The van der Waals surface area contributed by atoms with Crippen LogP contribution in [0.25, 0.3) is 0 Å². The van der Waals surface area contributed by atoms with Crippen LogP contribution in [0.1, 0.15) is 26.7 Å². The van der Waals surface area contributed by atoms with Crippen molar-refractivity contribution in [1.82, 2.24) is 0 Å². The third-order valence-corrected chi connectivity index (χ3v) is 1.92. The van der Waals surface area contributed by atoms with E-state index in [2.05, 4.69) is 4.74 Å². The summed E-state index contributed by atoms with van der Waals surface area (Å²) in [5.74, 6) is -3.14. The van der Waals surface area contributed by atoms with Crippen molar-refractivity contribution in [2.45, 2.75) is 32.7 Å². The molecule has 3 N–H and O–H groups in total. The molecular formula is C11H19NO4. The number of carboxylic acid groups (broad SMARTS) is 1. The van der Waals surface area contributed by atoms with Crippen LogP contribution >= 0.6 is 0 Å². The molecule has 0 aromatic carbocycles. The van der Waals surface area contributed by atoms with Crippen LogP contribution in [-0.4, -0.2) is 29.7 Å². The fraction of sp³-hybridized carbons (Fsp3) is 0.636. The zero-order valence-corrected chi connectivity index (χ0v) is 9.68. The van der Waals surface area contributed by atoms with Crippen LogP contribution in [0.15, 0.2) is 12.2 Å². The van der Waals surface area contributed by atoms with Gasteiger partial charge in [0.05, 0.1) is 6.61 Å². The Bertz CT molecular complexity index is 261. The molecule has 0 aliphatic heterocycles. The Morgan fingerprint density at radius 3 is 2.56 bits per heavy atom. The molecule has 0 heterocycles. The van der Waals surface area contributed by atoms with Gasteiger partial charge >= 0.3 is 11.9 Å². The van der Waals surface area contributed by atoms with E-state index in [1.165, 1.54) is 6.08 Å². The van der Waals surface area contributed by atoms with Crippen molar-refractivity contribution >= 4 is 11.9 Å². The minimum Gasteiger partial charge on any atom is -0.480 e. The summed E-state index contributed by atoms with van der Waals surface area (Å²) >= 11 is 0. The number of ether oxygens (including phenoxy) is 1. The topological polar surface area (TPSA) is 89.6 Å². The second-order valence-corrected chi connectivity index (χ2v) is 3.55. The molecule has 0 rings (SSSR count). The van der Waals surface area contributed by atoms with Gasteiger partial charge in [0.25, 0.3) is 0 Å². The van der Waals surface area contributed by atoms with Gasteiger partial charge in [0.1, 0.15) is 0 Å². The largest absolute Gasteiger partial charge is 0.480 e. The summed E-state index contributed by atoms with van der Waals surface area (Å²) in [5, 5.41) is 8.80. The highest BCUT2D eigenvalue weighted by Crippen LogP contribution is 2.05. The van der Waals surface area contributed by atoms with Crippen molar-refractivity contribution in [3.63, 3.8) is 0 Å². The first-order chi connectivity index (χ1) is 7.49. The van der Waals surface area contributed by atoms with Crippen molar-refractivity contribution < 1.29 is 19.4 Å². The first-order valence-electron chi connectivity index (χ1n) is 5.30. The molecule has 2 unspecified atom stereocenters. The SMILES string of the molecule is CCOC(=O)C(C=CCCC(C)N)C(=O)O. The Labute approximate surface area is 95.3 Å². The molecule has 0 saturated heterocycles. The molecule has 0 fully saturated rings. The predicted molar refractivity (Wildman–Crippen MR) is 59.8 cm³/mol. The van der Waals surface area contributed by atoms with Gasteiger partial charge in [-0.3, -0.25) is 9.59 Å².